The lowest BCUT2D eigenvalue weighted by Gasteiger charge is -2.08. The van der Waals surface area contributed by atoms with E-state index in [1.54, 1.807) is 0 Å². The number of imidazole rings is 1. The molecule has 1 aromatic carbocycles. The van der Waals surface area contributed by atoms with Crippen LogP contribution in [0.25, 0.3) is 5.69 Å². The maximum Gasteiger partial charge on any atom is 0.335 e. The molecule has 0 saturated heterocycles. The minimum Gasteiger partial charge on any atom is -0.478 e. The van der Waals surface area contributed by atoms with E-state index in [1.165, 1.54) is 29.1 Å². The second-order valence-electron chi connectivity index (χ2n) is 3.23. The normalized spacial score (nSPS) is 10.5. The first-order valence-corrected chi connectivity index (χ1v) is 5.25. The summed E-state index contributed by atoms with van der Waals surface area (Å²) < 4.78 is 1.20. The maximum atomic E-state index is 11.4. The van der Waals surface area contributed by atoms with Crippen molar-refractivity contribution in [3.05, 3.63) is 50.6 Å². The predicted molar refractivity (Wildman–Crippen MR) is 63.4 cm³/mol. The third-order valence-corrected chi connectivity index (χ3v) is 2.73. The minimum atomic E-state index is -1.14. The molecular weight excluding hydrogens is 267 g/mol. The highest BCUT2D eigenvalue weighted by Crippen LogP contribution is 2.29. The molecule has 0 aliphatic heterocycles. The number of aromatic nitrogens is 2. The highest BCUT2D eigenvalue weighted by atomic mass is 35.5. The molecule has 2 aromatic rings. The Morgan fingerprint density at radius 1 is 1.29 bits per heavy atom. The maximum absolute atomic E-state index is 11.4. The number of halogens is 2. The summed E-state index contributed by atoms with van der Waals surface area (Å²) in [4.78, 5) is 24.6. The summed E-state index contributed by atoms with van der Waals surface area (Å²) in [7, 11) is 0. The van der Waals surface area contributed by atoms with Crippen LogP contribution in [-0.2, 0) is 0 Å². The Hall–Kier alpha value is -1.72. The number of aromatic carboxylic acids is 1. The van der Waals surface area contributed by atoms with Crippen LogP contribution in [-0.4, -0.2) is 20.6 Å². The van der Waals surface area contributed by atoms with Gasteiger partial charge >= 0.3 is 11.7 Å². The van der Waals surface area contributed by atoms with Crippen LogP contribution in [0.5, 0.6) is 0 Å². The number of aromatic amines is 1. The number of hydrogen-bond donors (Lipinski definition) is 2. The van der Waals surface area contributed by atoms with Gasteiger partial charge in [-0.05, 0) is 12.1 Å². The van der Waals surface area contributed by atoms with Crippen LogP contribution in [0.1, 0.15) is 10.4 Å². The highest BCUT2D eigenvalue weighted by Gasteiger charge is 2.14. The van der Waals surface area contributed by atoms with Gasteiger partial charge in [-0.1, -0.05) is 23.2 Å². The summed E-state index contributed by atoms with van der Waals surface area (Å²) >= 11 is 11.8. The zero-order valence-corrected chi connectivity index (χ0v) is 9.79. The SMILES string of the molecule is O=C(O)c1cc(Cl)c(-n2cc[nH]c2=O)c(Cl)c1. The number of H-pyrrole nitrogens is 1. The number of carboxylic acid groups (broad SMARTS) is 1. The van der Waals surface area contributed by atoms with Crippen LogP contribution in [0, 0.1) is 0 Å². The molecule has 1 aromatic heterocycles. The molecule has 0 bridgehead atoms. The molecule has 0 amide bonds. The standard InChI is InChI=1S/C10H6Cl2N2O3/c11-6-3-5(9(15)16)4-7(12)8(6)14-2-1-13-10(14)17/h1-4H,(H,13,17)(H,15,16). The first-order chi connectivity index (χ1) is 8.00. The molecule has 2 rings (SSSR count). The van der Waals surface area contributed by atoms with Crippen LogP contribution in [0.15, 0.2) is 29.3 Å². The van der Waals surface area contributed by atoms with Gasteiger partial charge in [0.2, 0.25) is 0 Å². The van der Waals surface area contributed by atoms with Crippen molar-refractivity contribution in [2.45, 2.75) is 0 Å². The van der Waals surface area contributed by atoms with Crippen molar-refractivity contribution in [3.63, 3.8) is 0 Å². The lowest BCUT2D eigenvalue weighted by Crippen LogP contribution is -2.15. The van der Waals surface area contributed by atoms with Gasteiger partial charge < -0.3 is 10.1 Å². The van der Waals surface area contributed by atoms with E-state index < -0.39 is 11.7 Å². The van der Waals surface area contributed by atoms with Gasteiger partial charge in [-0.15, -0.1) is 0 Å². The molecule has 0 aliphatic carbocycles. The average Bonchev–Trinajstić information content (AvgIpc) is 2.64. The van der Waals surface area contributed by atoms with Crippen LogP contribution in [0.4, 0.5) is 0 Å². The molecule has 17 heavy (non-hydrogen) atoms. The topological polar surface area (TPSA) is 75.1 Å². The molecule has 2 N–H and O–H groups in total. The Bertz CT molecular complexity index is 622. The number of nitrogens with zero attached hydrogens (tertiary/aromatic N) is 1. The smallest absolute Gasteiger partial charge is 0.335 e. The fraction of sp³-hybridized carbons (Fsp3) is 0. The van der Waals surface area contributed by atoms with E-state index in [0.29, 0.717) is 0 Å². The molecule has 0 atom stereocenters. The van der Waals surface area contributed by atoms with Gasteiger partial charge in [-0.3, -0.25) is 4.57 Å². The molecule has 0 unspecified atom stereocenters. The Labute approximate surface area is 105 Å². The van der Waals surface area contributed by atoms with Gasteiger partial charge in [0.15, 0.2) is 0 Å². The van der Waals surface area contributed by atoms with Crippen molar-refractivity contribution in [2.75, 3.05) is 0 Å². The van der Waals surface area contributed by atoms with E-state index in [4.69, 9.17) is 28.3 Å². The quantitative estimate of drug-likeness (QED) is 0.880. The fourth-order valence-corrected chi connectivity index (χ4v) is 2.08. The number of hydrogen-bond acceptors (Lipinski definition) is 2. The van der Waals surface area contributed by atoms with Crippen molar-refractivity contribution in [1.82, 2.24) is 9.55 Å². The van der Waals surface area contributed by atoms with Crippen LogP contribution in [0.3, 0.4) is 0 Å². The van der Waals surface area contributed by atoms with Gasteiger partial charge in [0.05, 0.1) is 21.3 Å². The van der Waals surface area contributed by atoms with Crippen molar-refractivity contribution in [3.8, 4) is 5.69 Å². The van der Waals surface area contributed by atoms with Crippen LogP contribution in [0.2, 0.25) is 10.0 Å². The zero-order chi connectivity index (χ0) is 12.6. The van der Waals surface area contributed by atoms with Gasteiger partial charge in [0.25, 0.3) is 0 Å². The summed E-state index contributed by atoms with van der Waals surface area (Å²) in [5, 5.41) is 9.01. The molecule has 1 heterocycles. The molecule has 88 valence electrons. The fourth-order valence-electron chi connectivity index (χ4n) is 1.42. The monoisotopic (exact) mass is 272 g/mol. The molecule has 0 spiro atoms. The Balaban J connectivity index is 2.69. The first kappa shape index (κ1) is 11.8. The summed E-state index contributed by atoms with van der Waals surface area (Å²) in [6, 6.07) is 2.48. The third kappa shape index (κ3) is 2.07. The summed E-state index contributed by atoms with van der Waals surface area (Å²) in [5.41, 5.74) is -0.186. The van der Waals surface area contributed by atoms with Crippen molar-refractivity contribution >= 4 is 29.2 Å². The number of rotatable bonds is 2. The van der Waals surface area contributed by atoms with E-state index in [9.17, 15) is 9.59 Å². The zero-order valence-electron chi connectivity index (χ0n) is 8.28. The molecule has 0 saturated carbocycles. The van der Waals surface area contributed by atoms with Crippen molar-refractivity contribution < 1.29 is 9.90 Å². The van der Waals surface area contributed by atoms with Crippen molar-refractivity contribution in [2.24, 2.45) is 0 Å². The summed E-state index contributed by atoms with van der Waals surface area (Å²) in [5.74, 6) is -1.14. The lowest BCUT2D eigenvalue weighted by atomic mass is 10.2. The number of benzene rings is 1. The van der Waals surface area contributed by atoms with E-state index in [-0.39, 0.29) is 21.3 Å². The van der Waals surface area contributed by atoms with E-state index in [0.717, 1.165) is 0 Å². The van der Waals surface area contributed by atoms with Crippen molar-refractivity contribution in [1.29, 1.82) is 0 Å². The molecule has 0 radical (unpaired) electrons. The van der Waals surface area contributed by atoms with E-state index in [1.807, 2.05) is 0 Å². The minimum absolute atomic E-state index is 0.0349. The average molecular weight is 273 g/mol. The molecule has 5 nitrogen and oxygen atoms in total. The van der Waals surface area contributed by atoms with Gasteiger partial charge in [0.1, 0.15) is 0 Å². The number of carbonyl (C=O) groups is 1. The first-order valence-electron chi connectivity index (χ1n) is 4.49. The van der Waals surface area contributed by atoms with E-state index in [2.05, 4.69) is 4.98 Å². The molecule has 7 heteroatoms. The van der Waals surface area contributed by atoms with Gasteiger partial charge in [0, 0.05) is 12.4 Å². The van der Waals surface area contributed by atoms with Crippen LogP contribution >= 0.6 is 23.2 Å². The molecule has 0 aliphatic rings. The van der Waals surface area contributed by atoms with E-state index >= 15 is 0 Å². The summed E-state index contributed by atoms with van der Waals surface area (Å²) in [6.45, 7) is 0. The Kier molecular flexibility index (Phi) is 2.95. The second kappa shape index (κ2) is 4.27. The predicted octanol–water partition coefficient (Wildman–Crippen LogP) is 2.17. The Morgan fingerprint density at radius 3 is 2.29 bits per heavy atom. The number of nitrogens with one attached hydrogen (secondary N) is 1. The summed E-state index contributed by atoms with van der Waals surface area (Å²) in [6.07, 6.45) is 2.88. The molecule has 0 fully saturated rings. The Morgan fingerprint density at radius 2 is 1.88 bits per heavy atom. The van der Waals surface area contributed by atoms with Gasteiger partial charge in [-0.25, -0.2) is 9.59 Å². The largest absolute Gasteiger partial charge is 0.478 e. The lowest BCUT2D eigenvalue weighted by molar-refractivity contribution is 0.0697. The van der Waals surface area contributed by atoms with Gasteiger partial charge in [-0.2, -0.15) is 0 Å². The van der Waals surface area contributed by atoms with Crippen LogP contribution < -0.4 is 5.69 Å². The number of carboxylic acids is 1. The second-order valence-corrected chi connectivity index (χ2v) is 4.04. The molecular formula is C10H6Cl2N2O3. The third-order valence-electron chi connectivity index (χ3n) is 2.15. The highest BCUT2D eigenvalue weighted by molar-refractivity contribution is 6.38.